The van der Waals surface area contributed by atoms with Crippen molar-refractivity contribution in [3.05, 3.63) is 150 Å². The maximum Gasteiger partial charge on any atom is 0.120 e. The third-order valence-electron chi connectivity index (χ3n) is 8.23. The van der Waals surface area contributed by atoms with E-state index >= 15 is 0 Å². The molecule has 2 N–H and O–H groups in total. The smallest absolute Gasteiger partial charge is 0.120 e. The first kappa shape index (κ1) is 23.8. The third kappa shape index (κ3) is 3.52. The van der Waals surface area contributed by atoms with Gasteiger partial charge in [-0.3, -0.25) is 0 Å². The van der Waals surface area contributed by atoms with Gasteiger partial charge in [0.05, 0.1) is 10.9 Å². The molecule has 0 fully saturated rings. The molecule has 2 heteroatoms. The Bertz CT molecular complexity index is 2000. The fraction of sp³-hybridized carbons (Fsp3) is 0.0526. The molecule has 1 atom stereocenters. The van der Waals surface area contributed by atoms with Gasteiger partial charge in [-0.25, -0.2) is 0 Å². The van der Waals surface area contributed by atoms with E-state index in [2.05, 4.69) is 95.8 Å². The summed E-state index contributed by atoms with van der Waals surface area (Å²) in [5, 5.41) is 13.6. The van der Waals surface area contributed by atoms with E-state index in [4.69, 9.17) is 6.42 Å². The number of allylic oxidation sites excluding steroid dienone is 4. The van der Waals surface area contributed by atoms with Gasteiger partial charge in [-0.1, -0.05) is 115 Å². The molecule has 6 aromatic rings. The van der Waals surface area contributed by atoms with E-state index in [1.165, 1.54) is 44.2 Å². The van der Waals surface area contributed by atoms with Crippen LogP contribution in [0.1, 0.15) is 23.1 Å². The predicted octanol–water partition coefficient (Wildman–Crippen LogP) is 9.14. The van der Waals surface area contributed by atoms with E-state index in [1.54, 1.807) is 12.1 Å². The van der Waals surface area contributed by atoms with Gasteiger partial charge >= 0.3 is 0 Å². The number of fused-ring (bicyclic) bond motifs is 7. The van der Waals surface area contributed by atoms with Crippen molar-refractivity contribution in [1.82, 2.24) is 4.98 Å². The number of H-pyrrole nitrogens is 1. The molecule has 1 aromatic heterocycles. The second-order valence-electron chi connectivity index (χ2n) is 10.3. The SMILES string of the molecule is C#C/C=C\C=C/CC1(c2ccccc2O)c2ccccc2-c2c1ccc1c2[nH]c2ccc(-c3ccccc3)cc21. The molecule has 1 aliphatic rings. The molecule has 40 heavy (non-hydrogen) atoms. The number of rotatable bonds is 5. The van der Waals surface area contributed by atoms with E-state index in [0.29, 0.717) is 12.2 Å². The van der Waals surface area contributed by atoms with Crippen molar-refractivity contribution >= 4 is 21.8 Å². The van der Waals surface area contributed by atoms with Gasteiger partial charge in [-0.15, -0.1) is 6.42 Å². The number of phenols is 1. The molecule has 2 nitrogen and oxygen atoms in total. The first-order chi connectivity index (χ1) is 19.7. The highest BCUT2D eigenvalue weighted by Crippen LogP contribution is 2.58. The van der Waals surface area contributed by atoms with Gasteiger partial charge < -0.3 is 10.1 Å². The Morgan fingerprint density at radius 2 is 1.50 bits per heavy atom. The Hall–Kier alpha value is -5.26. The number of hydrogen-bond donors (Lipinski definition) is 2. The normalized spacial score (nSPS) is 16.1. The zero-order valence-corrected chi connectivity index (χ0v) is 21.9. The molecular formula is C38H27NO. The summed E-state index contributed by atoms with van der Waals surface area (Å²) >= 11 is 0. The van der Waals surface area contributed by atoms with Crippen LogP contribution < -0.4 is 0 Å². The van der Waals surface area contributed by atoms with Gasteiger partial charge in [-0.2, -0.15) is 0 Å². The van der Waals surface area contributed by atoms with Gasteiger partial charge in [0.25, 0.3) is 0 Å². The lowest BCUT2D eigenvalue weighted by Gasteiger charge is -2.32. The van der Waals surface area contributed by atoms with Crippen LogP contribution in [0.25, 0.3) is 44.1 Å². The number of aromatic hydroxyl groups is 1. The summed E-state index contributed by atoms with van der Waals surface area (Å²) in [6.45, 7) is 0. The number of nitrogens with one attached hydrogen (secondary N) is 1. The van der Waals surface area contributed by atoms with Crippen molar-refractivity contribution in [2.24, 2.45) is 0 Å². The molecule has 0 bridgehead atoms. The molecule has 0 aliphatic heterocycles. The van der Waals surface area contributed by atoms with E-state index < -0.39 is 5.41 Å². The number of hydrogen-bond acceptors (Lipinski definition) is 1. The zero-order valence-electron chi connectivity index (χ0n) is 21.9. The van der Waals surface area contributed by atoms with Crippen molar-refractivity contribution in [2.75, 3.05) is 0 Å². The standard InChI is InChI=1S/C38H27NO/c1-2-3-4-5-13-24-38(32-18-11-12-19-35(32)40)31-17-10-9-16-29(31)36-33(38)22-21-28-30-25-27(26-14-7-6-8-15-26)20-23-34(30)39-37(28)36/h1,3-23,25,39-40H,24H2/b4-3-,13-5-. The number of terminal acetylenes is 1. The molecule has 0 saturated carbocycles. The molecule has 1 heterocycles. The molecule has 1 aliphatic carbocycles. The van der Waals surface area contributed by atoms with E-state index in [-0.39, 0.29) is 0 Å². The van der Waals surface area contributed by atoms with Crippen molar-refractivity contribution < 1.29 is 5.11 Å². The topological polar surface area (TPSA) is 36.0 Å². The minimum atomic E-state index is -0.557. The lowest BCUT2D eigenvalue weighted by Crippen LogP contribution is -2.26. The fourth-order valence-corrected chi connectivity index (χ4v) is 6.52. The number of phenolic OH excluding ortho intramolecular Hbond substituents is 1. The van der Waals surface area contributed by atoms with Crippen molar-refractivity contribution in [3.8, 4) is 40.3 Å². The molecule has 0 radical (unpaired) electrons. The van der Waals surface area contributed by atoms with E-state index in [1.807, 2.05) is 36.4 Å². The summed E-state index contributed by atoms with van der Waals surface area (Å²) < 4.78 is 0. The van der Waals surface area contributed by atoms with Crippen molar-refractivity contribution in [1.29, 1.82) is 0 Å². The molecular weight excluding hydrogens is 486 g/mol. The summed E-state index contributed by atoms with van der Waals surface area (Å²) in [7, 11) is 0. The highest BCUT2D eigenvalue weighted by atomic mass is 16.3. The molecule has 0 spiro atoms. The number of aromatic nitrogens is 1. The minimum Gasteiger partial charge on any atom is -0.508 e. The van der Waals surface area contributed by atoms with Crippen molar-refractivity contribution in [3.63, 3.8) is 0 Å². The van der Waals surface area contributed by atoms with Crippen LogP contribution >= 0.6 is 0 Å². The Balaban J connectivity index is 1.52. The van der Waals surface area contributed by atoms with Crippen LogP contribution in [0.3, 0.4) is 0 Å². The monoisotopic (exact) mass is 513 g/mol. The van der Waals surface area contributed by atoms with Crippen molar-refractivity contribution in [2.45, 2.75) is 11.8 Å². The Labute approximate surface area is 234 Å². The number of benzene rings is 5. The quantitative estimate of drug-likeness (QED) is 0.175. The molecule has 5 aromatic carbocycles. The molecule has 1 unspecified atom stereocenters. The maximum atomic E-state index is 11.2. The van der Waals surface area contributed by atoms with Gasteiger partial charge in [0.1, 0.15) is 5.75 Å². The molecule has 7 rings (SSSR count). The second kappa shape index (κ2) is 9.49. The summed E-state index contributed by atoms with van der Waals surface area (Å²) in [5.41, 5.74) is 9.73. The Kier molecular flexibility index (Phi) is 5.65. The van der Waals surface area contributed by atoms with Gasteiger partial charge in [0.15, 0.2) is 0 Å². The lowest BCUT2D eigenvalue weighted by atomic mass is 9.69. The average Bonchev–Trinajstić information content (AvgIpc) is 3.51. The highest BCUT2D eigenvalue weighted by molar-refractivity contribution is 6.15. The van der Waals surface area contributed by atoms with E-state index in [0.717, 1.165) is 16.6 Å². The predicted molar refractivity (Wildman–Crippen MR) is 166 cm³/mol. The van der Waals surface area contributed by atoms with Crippen LogP contribution in [-0.4, -0.2) is 10.1 Å². The van der Waals surface area contributed by atoms with E-state index in [9.17, 15) is 5.11 Å². The third-order valence-corrected chi connectivity index (χ3v) is 8.23. The number of para-hydroxylation sites is 1. The van der Waals surface area contributed by atoms with Crippen LogP contribution in [0.4, 0.5) is 0 Å². The zero-order chi connectivity index (χ0) is 27.1. The minimum absolute atomic E-state index is 0.293. The van der Waals surface area contributed by atoms with Gasteiger partial charge in [0.2, 0.25) is 0 Å². The van der Waals surface area contributed by atoms with Gasteiger partial charge in [-0.05, 0) is 58.5 Å². The lowest BCUT2D eigenvalue weighted by molar-refractivity contribution is 0.454. The molecule has 190 valence electrons. The van der Waals surface area contributed by atoms with Crippen LogP contribution in [0.2, 0.25) is 0 Å². The largest absolute Gasteiger partial charge is 0.508 e. The summed E-state index contributed by atoms with van der Waals surface area (Å²) in [4.78, 5) is 3.77. The molecule has 0 saturated heterocycles. The van der Waals surface area contributed by atoms with Crippen LogP contribution in [0.5, 0.6) is 5.75 Å². The average molecular weight is 514 g/mol. The Morgan fingerprint density at radius 3 is 2.33 bits per heavy atom. The Morgan fingerprint density at radius 1 is 0.725 bits per heavy atom. The summed E-state index contributed by atoms with van der Waals surface area (Å²) in [6, 6.07) is 38.0. The first-order valence-corrected chi connectivity index (χ1v) is 13.5. The maximum absolute atomic E-state index is 11.2. The highest BCUT2D eigenvalue weighted by Gasteiger charge is 2.46. The van der Waals surface area contributed by atoms with Crippen LogP contribution in [0, 0.1) is 12.3 Å². The van der Waals surface area contributed by atoms with Gasteiger partial charge in [0, 0.05) is 27.4 Å². The van der Waals surface area contributed by atoms with Crippen LogP contribution in [-0.2, 0) is 5.41 Å². The van der Waals surface area contributed by atoms with Crippen LogP contribution in [0.15, 0.2) is 133 Å². The summed E-state index contributed by atoms with van der Waals surface area (Å²) in [5.74, 6) is 2.84. The summed E-state index contributed by atoms with van der Waals surface area (Å²) in [6.07, 6.45) is 13.8. The fourth-order valence-electron chi connectivity index (χ4n) is 6.52. The number of aromatic amines is 1. The molecule has 0 amide bonds. The first-order valence-electron chi connectivity index (χ1n) is 13.5. The second-order valence-corrected chi connectivity index (χ2v) is 10.3.